The predicted molar refractivity (Wildman–Crippen MR) is 70.9 cm³/mol. The Balaban J connectivity index is 1.78. The van der Waals surface area contributed by atoms with Crippen LogP contribution in [-0.2, 0) is 4.74 Å². The van der Waals surface area contributed by atoms with E-state index in [2.05, 4.69) is 22.6 Å². The van der Waals surface area contributed by atoms with Crippen molar-refractivity contribution in [3.05, 3.63) is 0 Å². The Morgan fingerprint density at radius 3 is 2.59 bits per heavy atom. The van der Waals surface area contributed by atoms with E-state index in [0.717, 1.165) is 25.7 Å². The van der Waals surface area contributed by atoms with Crippen LogP contribution in [0.3, 0.4) is 0 Å². The van der Waals surface area contributed by atoms with Crippen molar-refractivity contribution in [3.63, 3.8) is 0 Å². The van der Waals surface area contributed by atoms with Crippen LogP contribution < -0.4 is 0 Å². The van der Waals surface area contributed by atoms with Gasteiger partial charge in [0.15, 0.2) is 0 Å². The summed E-state index contributed by atoms with van der Waals surface area (Å²) in [6, 6.07) is 0. The number of rotatable bonds is 0. The Hall–Kier alpha value is 0.550. The van der Waals surface area contributed by atoms with E-state index < -0.39 is 12.3 Å². The lowest BCUT2D eigenvalue weighted by molar-refractivity contribution is -0.160. The Kier molecular flexibility index (Phi) is 3.63. The molecule has 17 heavy (non-hydrogen) atoms. The zero-order chi connectivity index (χ0) is 12.0. The van der Waals surface area contributed by atoms with Crippen LogP contribution in [-0.4, -0.2) is 29.0 Å². The summed E-state index contributed by atoms with van der Waals surface area (Å²) in [6.07, 6.45) is 2.82. The molecule has 0 aromatic carbocycles. The van der Waals surface area contributed by atoms with Crippen molar-refractivity contribution >= 4 is 22.6 Å². The fourth-order valence-electron chi connectivity index (χ4n) is 4.03. The van der Waals surface area contributed by atoms with E-state index in [1.54, 1.807) is 0 Å². The molecular weight excluding hydrogens is 337 g/mol. The molecule has 3 rings (SSSR count). The molecule has 4 heteroatoms. The van der Waals surface area contributed by atoms with Gasteiger partial charge in [-0.1, -0.05) is 29.0 Å². The van der Waals surface area contributed by atoms with Crippen LogP contribution in [0.5, 0.6) is 0 Å². The molecule has 1 aliphatic heterocycles. The maximum atomic E-state index is 14.2. The fourth-order valence-corrected chi connectivity index (χ4v) is 4.92. The van der Waals surface area contributed by atoms with Gasteiger partial charge in [-0.3, -0.25) is 0 Å². The minimum absolute atomic E-state index is 0.0252. The molecule has 0 N–H and O–H groups in total. The first-order valence-electron chi connectivity index (χ1n) is 6.72. The Bertz CT molecular complexity index is 289. The van der Waals surface area contributed by atoms with Gasteiger partial charge in [0.1, 0.15) is 12.3 Å². The second-order valence-corrected chi connectivity index (χ2v) is 7.37. The van der Waals surface area contributed by atoms with Crippen molar-refractivity contribution in [2.24, 2.45) is 17.8 Å². The highest BCUT2D eigenvalue weighted by Gasteiger charge is 2.50. The van der Waals surface area contributed by atoms with E-state index in [9.17, 15) is 8.78 Å². The highest BCUT2D eigenvalue weighted by Crippen LogP contribution is 2.48. The van der Waals surface area contributed by atoms with Gasteiger partial charge in [-0.15, -0.1) is 0 Å². The molecule has 1 heterocycles. The molecule has 2 saturated carbocycles. The topological polar surface area (TPSA) is 9.23 Å². The van der Waals surface area contributed by atoms with Crippen molar-refractivity contribution in [3.8, 4) is 0 Å². The van der Waals surface area contributed by atoms with E-state index in [1.807, 2.05) is 0 Å². The molecule has 98 valence electrons. The van der Waals surface area contributed by atoms with Crippen molar-refractivity contribution in [1.29, 1.82) is 0 Å². The SMILES string of the molecule is FC1CCCC2C3CCC(I)C(F)C3COC12. The highest BCUT2D eigenvalue weighted by molar-refractivity contribution is 14.1. The first-order valence-corrected chi connectivity index (χ1v) is 7.97. The van der Waals surface area contributed by atoms with Crippen molar-refractivity contribution in [1.82, 2.24) is 0 Å². The van der Waals surface area contributed by atoms with Crippen molar-refractivity contribution < 1.29 is 13.5 Å². The standard InChI is InChI=1S/C13H19F2IO/c14-10-3-1-2-8-7-4-5-11(16)12(15)9(7)6-17-13(8)10/h7-13H,1-6H2. The molecule has 3 aliphatic rings. The lowest BCUT2D eigenvalue weighted by atomic mass is 9.64. The summed E-state index contributed by atoms with van der Waals surface area (Å²) >= 11 is 2.22. The summed E-state index contributed by atoms with van der Waals surface area (Å²) in [7, 11) is 0. The van der Waals surface area contributed by atoms with Crippen molar-refractivity contribution in [2.75, 3.05) is 6.61 Å². The molecular formula is C13H19F2IO. The van der Waals surface area contributed by atoms with Crippen LogP contribution in [0.4, 0.5) is 8.78 Å². The van der Waals surface area contributed by atoms with E-state index in [-0.39, 0.29) is 21.9 Å². The minimum Gasteiger partial charge on any atom is -0.374 e. The third-order valence-corrected chi connectivity index (χ3v) is 6.22. The molecule has 0 radical (unpaired) electrons. The van der Waals surface area contributed by atoms with Gasteiger partial charge in [-0.05, 0) is 37.5 Å². The summed E-state index contributed by atoms with van der Waals surface area (Å²) in [5, 5.41) is 0. The van der Waals surface area contributed by atoms with Crippen LogP contribution in [0.1, 0.15) is 32.1 Å². The van der Waals surface area contributed by atoms with Gasteiger partial charge in [0.25, 0.3) is 0 Å². The summed E-state index contributed by atoms with van der Waals surface area (Å²) in [5.74, 6) is 0.671. The maximum Gasteiger partial charge on any atom is 0.126 e. The van der Waals surface area contributed by atoms with Crippen LogP contribution in [0.15, 0.2) is 0 Å². The van der Waals surface area contributed by atoms with Crippen molar-refractivity contribution in [2.45, 2.75) is 54.5 Å². The Morgan fingerprint density at radius 2 is 1.76 bits per heavy atom. The number of hydrogen-bond donors (Lipinski definition) is 0. The minimum atomic E-state index is -0.815. The number of hydrogen-bond acceptors (Lipinski definition) is 1. The Labute approximate surface area is 115 Å². The number of ether oxygens (including phenoxy) is 1. The summed E-state index contributed by atoms with van der Waals surface area (Å²) in [5.41, 5.74) is 0. The third-order valence-electron chi connectivity index (χ3n) is 4.91. The summed E-state index contributed by atoms with van der Waals surface area (Å²) in [4.78, 5) is 0. The molecule has 7 unspecified atom stereocenters. The lowest BCUT2D eigenvalue weighted by Gasteiger charge is -2.50. The number of alkyl halides is 3. The molecule has 0 bridgehead atoms. The second kappa shape index (κ2) is 4.91. The average molecular weight is 356 g/mol. The van der Waals surface area contributed by atoms with E-state index in [0.29, 0.717) is 18.9 Å². The summed E-state index contributed by atoms with van der Waals surface area (Å²) in [6.45, 7) is 0.437. The predicted octanol–water partition coefficient (Wildman–Crippen LogP) is 3.69. The first-order chi connectivity index (χ1) is 8.18. The highest BCUT2D eigenvalue weighted by atomic mass is 127. The normalized spacial score (nSPS) is 54.9. The first kappa shape index (κ1) is 12.6. The molecule has 1 nitrogen and oxygen atoms in total. The molecule has 0 aromatic rings. The number of halogens is 3. The maximum absolute atomic E-state index is 14.2. The zero-order valence-electron chi connectivity index (χ0n) is 9.83. The van der Waals surface area contributed by atoms with Crippen LogP contribution in [0.2, 0.25) is 0 Å². The van der Waals surface area contributed by atoms with Crippen LogP contribution >= 0.6 is 22.6 Å². The average Bonchev–Trinajstić information content (AvgIpc) is 2.34. The van der Waals surface area contributed by atoms with Gasteiger partial charge in [0, 0.05) is 9.84 Å². The quantitative estimate of drug-likeness (QED) is 0.475. The smallest absolute Gasteiger partial charge is 0.126 e. The Morgan fingerprint density at radius 1 is 0.941 bits per heavy atom. The molecule has 0 aromatic heterocycles. The molecule has 3 fully saturated rings. The van der Waals surface area contributed by atoms with Gasteiger partial charge < -0.3 is 4.74 Å². The molecule has 2 aliphatic carbocycles. The number of fused-ring (bicyclic) bond motifs is 3. The van der Waals surface area contributed by atoms with Crippen LogP contribution in [0.25, 0.3) is 0 Å². The third kappa shape index (κ3) is 2.13. The van der Waals surface area contributed by atoms with E-state index in [1.165, 1.54) is 0 Å². The molecule has 0 amide bonds. The fraction of sp³-hybridized carbons (Fsp3) is 1.00. The monoisotopic (exact) mass is 356 g/mol. The largest absolute Gasteiger partial charge is 0.374 e. The van der Waals surface area contributed by atoms with Gasteiger partial charge in [-0.2, -0.15) is 0 Å². The zero-order valence-corrected chi connectivity index (χ0v) is 12.0. The van der Waals surface area contributed by atoms with Gasteiger partial charge in [0.2, 0.25) is 0 Å². The van der Waals surface area contributed by atoms with Gasteiger partial charge >= 0.3 is 0 Å². The van der Waals surface area contributed by atoms with E-state index >= 15 is 0 Å². The molecule has 1 saturated heterocycles. The molecule has 0 spiro atoms. The van der Waals surface area contributed by atoms with E-state index in [4.69, 9.17) is 4.74 Å². The van der Waals surface area contributed by atoms with Crippen LogP contribution in [0, 0.1) is 17.8 Å². The second-order valence-electron chi connectivity index (χ2n) is 5.77. The van der Waals surface area contributed by atoms with Gasteiger partial charge in [-0.25, -0.2) is 8.78 Å². The van der Waals surface area contributed by atoms with Gasteiger partial charge in [0.05, 0.1) is 12.7 Å². The molecule has 7 atom stereocenters. The summed E-state index contributed by atoms with van der Waals surface area (Å²) < 4.78 is 33.8. The lowest BCUT2D eigenvalue weighted by Crippen LogP contribution is -2.54.